The van der Waals surface area contributed by atoms with E-state index in [1.54, 1.807) is 0 Å². The fraction of sp³-hybridized carbons (Fsp3) is 0. The van der Waals surface area contributed by atoms with Crippen LogP contribution >= 0.6 is 0 Å². The van der Waals surface area contributed by atoms with Gasteiger partial charge in [-0.05, 0) is 6.07 Å². The fourth-order valence-electron chi connectivity index (χ4n) is 0.850. The van der Waals surface area contributed by atoms with E-state index in [2.05, 4.69) is 0 Å². The third kappa shape index (κ3) is 1.66. The van der Waals surface area contributed by atoms with Crippen molar-refractivity contribution in [3.63, 3.8) is 0 Å². The summed E-state index contributed by atoms with van der Waals surface area (Å²) in [5.74, 6) is -2.78. The Labute approximate surface area is 73.0 Å². The molecule has 0 aromatic heterocycles. The lowest BCUT2D eigenvalue weighted by Crippen LogP contribution is -2.33. The van der Waals surface area contributed by atoms with Crippen LogP contribution in [-0.2, 0) is 0 Å². The Morgan fingerprint density at radius 1 is 1.23 bits per heavy atom. The highest BCUT2D eigenvalue weighted by Gasteiger charge is 2.21. The zero-order valence-corrected chi connectivity index (χ0v) is 6.33. The van der Waals surface area contributed by atoms with Crippen LogP contribution in [0.3, 0.4) is 0 Å². The number of nitriles is 1. The van der Waals surface area contributed by atoms with Gasteiger partial charge in [-0.2, -0.15) is 5.26 Å². The van der Waals surface area contributed by atoms with Gasteiger partial charge in [0.1, 0.15) is 6.07 Å². The van der Waals surface area contributed by atoms with E-state index in [0.717, 1.165) is 12.1 Å². The van der Waals surface area contributed by atoms with Crippen LogP contribution in [0, 0.1) is 23.0 Å². The van der Waals surface area contributed by atoms with Gasteiger partial charge < -0.3 is 10.0 Å². The van der Waals surface area contributed by atoms with Gasteiger partial charge in [0.2, 0.25) is 0 Å². The van der Waals surface area contributed by atoms with E-state index in [1.165, 1.54) is 6.07 Å². The number of nitrogens with zero attached hydrogens (tertiary/aromatic N) is 1. The monoisotopic (exact) mass is 183 g/mol. The molecule has 0 aliphatic heterocycles. The van der Waals surface area contributed by atoms with Gasteiger partial charge in [0.25, 0.3) is 0 Å². The second kappa shape index (κ2) is 3.52. The van der Waals surface area contributed by atoms with Crippen LogP contribution in [0.4, 0.5) is 8.78 Å². The van der Waals surface area contributed by atoms with Crippen molar-refractivity contribution >= 4 is 12.6 Å². The lowest BCUT2D eigenvalue weighted by Gasteiger charge is -2.02. The Kier molecular flexibility index (Phi) is 2.61. The van der Waals surface area contributed by atoms with Crippen LogP contribution in [0.5, 0.6) is 0 Å². The van der Waals surface area contributed by atoms with Crippen LogP contribution in [-0.4, -0.2) is 17.2 Å². The van der Waals surface area contributed by atoms with Crippen LogP contribution < -0.4 is 5.46 Å². The minimum atomic E-state index is -2.08. The first-order valence-electron chi connectivity index (χ1n) is 3.32. The Bertz CT molecular complexity index is 375. The molecule has 2 N–H and O–H groups in total. The highest BCUT2D eigenvalue weighted by molar-refractivity contribution is 6.58. The van der Waals surface area contributed by atoms with Crippen LogP contribution in [0.15, 0.2) is 12.1 Å². The summed E-state index contributed by atoms with van der Waals surface area (Å²) in [5.41, 5.74) is -1.06. The maximum Gasteiger partial charge on any atom is 0.491 e. The molecule has 0 heterocycles. The Morgan fingerprint density at radius 2 is 1.85 bits per heavy atom. The minimum absolute atomic E-state index is 0.470. The van der Waals surface area contributed by atoms with Crippen molar-refractivity contribution in [2.75, 3.05) is 0 Å². The van der Waals surface area contributed by atoms with E-state index in [9.17, 15) is 8.78 Å². The summed E-state index contributed by atoms with van der Waals surface area (Å²) in [7, 11) is -2.08. The third-order valence-corrected chi connectivity index (χ3v) is 1.51. The zero-order valence-electron chi connectivity index (χ0n) is 6.33. The van der Waals surface area contributed by atoms with Crippen molar-refractivity contribution in [1.29, 1.82) is 5.26 Å². The van der Waals surface area contributed by atoms with E-state index in [0.29, 0.717) is 0 Å². The second-order valence-corrected chi connectivity index (χ2v) is 2.32. The van der Waals surface area contributed by atoms with E-state index >= 15 is 0 Å². The van der Waals surface area contributed by atoms with Gasteiger partial charge in [0.05, 0.1) is 5.56 Å². The molecule has 0 amide bonds. The molecule has 0 saturated heterocycles. The van der Waals surface area contributed by atoms with Crippen molar-refractivity contribution in [3.8, 4) is 6.07 Å². The maximum absolute atomic E-state index is 12.9. The summed E-state index contributed by atoms with van der Waals surface area (Å²) in [6.45, 7) is 0. The predicted octanol–water partition coefficient (Wildman–Crippen LogP) is -0.484. The number of hydrogen-bond acceptors (Lipinski definition) is 3. The lowest BCUT2D eigenvalue weighted by atomic mass is 9.79. The molecule has 0 unspecified atom stereocenters. The third-order valence-electron chi connectivity index (χ3n) is 1.51. The Morgan fingerprint density at radius 3 is 2.31 bits per heavy atom. The standard InChI is InChI=1S/C7H4BF2NO2/c9-6-4(3-11)1-2-5(7(6)10)8(12)13/h1-2,12-13H. The molecule has 0 aliphatic carbocycles. The first-order chi connectivity index (χ1) is 6.07. The molecule has 1 rings (SSSR count). The molecule has 0 saturated carbocycles. The normalized spacial score (nSPS) is 9.46. The van der Waals surface area contributed by atoms with Gasteiger partial charge in [-0.25, -0.2) is 8.78 Å². The molecule has 0 fully saturated rings. The number of benzene rings is 1. The van der Waals surface area contributed by atoms with Crippen LogP contribution in [0.25, 0.3) is 0 Å². The molecule has 0 atom stereocenters. The summed E-state index contributed by atoms with van der Waals surface area (Å²) in [4.78, 5) is 0. The first-order valence-corrected chi connectivity index (χ1v) is 3.32. The lowest BCUT2D eigenvalue weighted by molar-refractivity contribution is 0.420. The molecule has 66 valence electrons. The van der Waals surface area contributed by atoms with Crippen molar-refractivity contribution in [1.82, 2.24) is 0 Å². The highest BCUT2D eigenvalue weighted by atomic mass is 19.2. The molecule has 0 radical (unpaired) electrons. The van der Waals surface area contributed by atoms with Crippen molar-refractivity contribution in [2.24, 2.45) is 0 Å². The average molecular weight is 183 g/mol. The average Bonchev–Trinajstić information content (AvgIpc) is 2.09. The van der Waals surface area contributed by atoms with Gasteiger partial charge in [0.15, 0.2) is 11.6 Å². The molecule has 0 spiro atoms. The molecular formula is C7H4BF2NO2. The van der Waals surface area contributed by atoms with Gasteiger partial charge >= 0.3 is 7.12 Å². The fourth-order valence-corrected chi connectivity index (χ4v) is 0.850. The maximum atomic E-state index is 12.9. The van der Waals surface area contributed by atoms with E-state index in [-0.39, 0.29) is 0 Å². The highest BCUT2D eigenvalue weighted by Crippen LogP contribution is 2.08. The molecule has 6 heteroatoms. The van der Waals surface area contributed by atoms with Gasteiger partial charge in [0, 0.05) is 5.46 Å². The Balaban J connectivity index is 3.33. The molecule has 3 nitrogen and oxygen atoms in total. The number of halogens is 2. The van der Waals surface area contributed by atoms with Crippen LogP contribution in [0.2, 0.25) is 0 Å². The zero-order chi connectivity index (χ0) is 10.0. The largest absolute Gasteiger partial charge is 0.491 e. The summed E-state index contributed by atoms with van der Waals surface area (Å²) in [5, 5.41) is 25.4. The summed E-state index contributed by atoms with van der Waals surface area (Å²) >= 11 is 0. The van der Waals surface area contributed by atoms with E-state index in [4.69, 9.17) is 15.3 Å². The number of hydrogen-bond donors (Lipinski definition) is 2. The first kappa shape index (κ1) is 9.64. The van der Waals surface area contributed by atoms with Crippen molar-refractivity contribution in [3.05, 3.63) is 29.3 Å². The molecule has 13 heavy (non-hydrogen) atoms. The van der Waals surface area contributed by atoms with Gasteiger partial charge in [-0.1, -0.05) is 6.07 Å². The minimum Gasteiger partial charge on any atom is -0.423 e. The summed E-state index contributed by atoms with van der Waals surface area (Å²) < 4.78 is 25.7. The van der Waals surface area contributed by atoms with Crippen LogP contribution in [0.1, 0.15) is 5.56 Å². The van der Waals surface area contributed by atoms with Gasteiger partial charge in [-0.3, -0.25) is 0 Å². The SMILES string of the molecule is N#Cc1ccc(B(O)O)c(F)c1F. The second-order valence-electron chi connectivity index (χ2n) is 2.32. The van der Waals surface area contributed by atoms with E-state index < -0.39 is 29.8 Å². The molecule has 0 aliphatic rings. The van der Waals surface area contributed by atoms with E-state index in [1.807, 2.05) is 0 Å². The Hall–Kier alpha value is -1.45. The number of rotatable bonds is 1. The molecule has 1 aromatic rings. The van der Waals surface area contributed by atoms with Gasteiger partial charge in [-0.15, -0.1) is 0 Å². The molecule has 1 aromatic carbocycles. The predicted molar refractivity (Wildman–Crippen MR) is 40.9 cm³/mol. The summed E-state index contributed by atoms with van der Waals surface area (Å²) in [6, 6.07) is 3.35. The van der Waals surface area contributed by atoms with Crippen molar-refractivity contribution < 1.29 is 18.8 Å². The summed E-state index contributed by atoms with van der Waals surface area (Å²) in [6.07, 6.45) is 0. The quantitative estimate of drug-likeness (QED) is 0.577. The smallest absolute Gasteiger partial charge is 0.423 e. The van der Waals surface area contributed by atoms with Crippen molar-refractivity contribution in [2.45, 2.75) is 0 Å². The molecular weight excluding hydrogens is 179 g/mol. The molecule has 0 bridgehead atoms. The topological polar surface area (TPSA) is 64.2 Å².